The maximum atomic E-state index is 2.43. The molecule has 1 heterocycles. The number of hydrogen-bond donors (Lipinski definition) is 0. The van der Waals surface area contributed by atoms with Gasteiger partial charge in [0.2, 0.25) is 0 Å². The fourth-order valence-corrected chi connectivity index (χ4v) is 7.21. The molecule has 1 aromatic carbocycles. The second-order valence-electron chi connectivity index (χ2n) is 5.23. The zero-order valence-corrected chi connectivity index (χ0v) is 15.9. The van der Waals surface area contributed by atoms with Gasteiger partial charge in [-0.15, -0.1) is 0 Å². The number of benzene rings is 1. The molecule has 4 heteroatoms. The molecule has 1 aromatic heterocycles. The summed E-state index contributed by atoms with van der Waals surface area (Å²) in [7, 11) is 0. The first-order valence-corrected chi connectivity index (χ1v) is 9.40. The van der Waals surface area contributed by atoms with Crippen LogP contribution in [0.2, 0.25) is 0 Å². The van der Waals surface area contributed by atoms with Crippen LogP contribution >= 0.6 is 0 Å². The number of hydrogen-bond acceptors (Lipinski definition) is 0. The number of rotatable bonds is 3. The summed E-state index contributed by atoms with van der Waals surface area (Å²) >= 11 is -0.779. The molecule has 0 amide bonds. The van der Waals surface area contributed by atoms with Gasteiger partial charge >= 0.3 is 131 Å². The largest absolute Gasteiger partial charge is 1.00 e. The summed E-state index contributed by atoms with van der Waals surface area (Å²) in [4.78, 5) is 0. The van der Waals surface area contributed by atoms with E-state index in [4.69, 9.17) is 0 Å². The first-order chi connectivity index (χ1) is 9.88. The number of halogens is 2. The topological polar surface area (TPSA) is 4.93 Å². The predicted octanol–water partition coefficient (Wildman–Crippen LogP) is -1.85. The minimum atomic E-state index is -0.779. The van der Waals surface area contributed by atoms with Gasteiger partial charge in [0.05, 0.1) is 0 Å². The van der Waals surface area contributed by atoms with Crippen molar-refractivity contribution in [1.82, 2.24) is 4.57 Å². The minimum absolute atomic E-state index is 0. The Morgan fingerprint density at radius 2 is 1.77 bits per heavy atom. The molecule has 110 valence electrons. The van der Waals surface area contributed by atoms with Crippen LogP contribution in [0.3, 0.4) is 0 Å². The molecule has 0 spiro atoms. The van der Waals surface area contributed by atoms with E-state index >= 15 is 0 Å². The van der Waals surface area contributed by atoms with Crippen LogP contribution in [0.4, 0.5) is 0 Å². The molecule has 2 aliphatic rings. The molecular formula is C18H15Cl2NZr. The third-order valence-electron chi connectivity index (χ3n) is 4.01. The van der Waals surface area contributed by atoms with Crippen LogP contribution in [-0.4, -0.2) is 4.57 Å². The molecule has 1 atom stereocenters. The van der Waals surface area contributed by atoms with E-state index < -0.39 is 23.2 Å². The second-order valence-corrected chi connectivity index (χ2v) is 9.29. The van der Waals surface area contributed by atoms with Crippen LogP contribution < -0.4 is 24.8 Å². The Balaban J connectivity index is 0.000000882. The summed E-state index contributed by atoms with van der Waals surface area (Å²) < 4.78 is 4.20. The third kappa shape index (κ3) is 2.85. The Morgan fingerprint density at radius 1 is 1.00 bits per heavy atom. The van der Waals surface area contributed by atoms with Crippen LogP contribution in [0, 0.1) is 0 Å². The summed E-state index contributed by atoms with van der Waals surface area (Å²) in [5.74, 6) is 0. The van der Waals surface area contributed by atoms with E-state index in [1.54, 1.807) is 3.28 Å². The van der Waals surface area contributed by atoms with E-state index in [1.165, 1.54) is 11.1 Å². The minimum Gasteiger partial charge on any atom is -1.00 e. The standard InChI is InChI=1S/C13H10N.C5H5.2ClH.Zr/c1-2-6-12-11(5-1)7-8-13(12)14-9-3-4-10-14;1-2-4-5-3-1;;;/h1-10H;1-3H,4H2;2*1H;/q;;;;+2/p-2. The molecule has 0 fully saturated rings. The summed E-state index contributed by atoms with van der Waals surface area (Å²) in [6.45, 7) is 0. The molecule has 0 saturated carbocycles. The van der Waals surface area contributed by atoms with Crippen molar-refractivity contribution in [2.75, 3.05) is 0 Å². The zero-order valence-electron chi connectivity index (χ0n) is 11.9. The van der Waals surface area contributed by atoms with Gasteiger partial charge < -0.3 is 24.8 Å². The maximum Gasteiger partial charge on any atom is -1.00 e. The molecule has 2 aliphatic carbocycles. The van der Waals surface area contributed by atoms with E-state index in [1.807, 2.05) is 0 Å². The Labute approximate surface area is 155 Å². The fourth-order valence-electron chi connectivity index (χ4n) is 3.04. The Bertz CT molecular complexity index is 731. The van der Waals surface area contributed by atoms with Gasteiger partial charge in [-0.2, -0.15) is 0 Å². The second kappa shape index (κ2) is 7.17. The Hall–Kier alpha value is -0.817. The molecular weight excluding hydrogens is 392 g/mol. The molecule has 1 unspecified atom stereocenters. The number of nitrogens with zero attached hydrogens (tertiary/aromatic N) is 1. The predicted molar refractivity (Wildman–Crippen MR) is 78.8 cm³/mol. The van der Waals surface area contributed by atoms with Crippen molar-refractivity contribution in [3.05, 3.63) is 87.5 Å². The first kappa shape index (κ1) is 17.5. The average molecular weight is 407 g/mol. The summed E-state index contributed by atoms with van der Waals surface area (Å²) in [5.41, 5.74) is 2.87. The summed E-state index contributed by atoms with van der Waals surface area (Å²) in [6, 6.07) is 13.1. The van der Waals surface area contributed by atoms with E-state index in [0.29, 0.717) is 0 Å². The average Bonchev–Trinajstić information content (AvgIpc) is 3.20. The van der Waals surface area contributed by atoms with E-state index in [2.05, 4.69) is 83.7 Å². The van der Waals surface area contributed by atoms with Crippen molar-refractivity contribution in [1.29, 1.82) is 0 Å². The molecule has 2 aromatic rings. The quantitative estimate of drug-likeness (QED) is 0.563. The fraction of sp³-hybridized carbons (Fsp3) is 0.111. The SMILES string of the molecule is C1=CC[C]([Zr+2][C]2(n3cccc3)C=Cc3ccccc32)=C1.[Cl-].[Cl-]. The van der Waals surface area contributed by atoms with Crippen molar-refractivity contribution in [2.24, 2.45) is 0 Å². The molecule has 1 nitrogen and oxygen atoms in total. The normalized spacial score (nSPS) is 20.6. The molecule has 0 saturated heterocycles. The zero-order chi connectivity index (χ0) is 13.4. The molecule has 4 rings (SSSR count). The van der Waals surface area contributed by atoms with E-state index in [9.17, 15) is 0 Å². The van der Waals surface area contributed by atoms with Crippen molar-refractivity contribution in [3.8, 4) is 0 Å². The van der Waals surface area contributed by atoms with Crippen molar-refractivity contribution < 1.29 is 48.0 Å². The van der Waals surface area contributed by atoms with Gasteiger partial charge in [-0.25, -0.2) is 0 Å². The van der Waals surface area contributed by atoms with Gasteiger partial charge in [0.1, 0.15) is 0 Å². The van der Waals surface area contributed by atoms with Crippen LogP contribution in [0.25, 0.3) is 6.08 Å². The Morgan fingerprint density at radius 3 is 2.50 bits per heavy atom. The van der Waals surface area contributed by atoms with Gasteiger partial charge in [0.25, 0.3) is 0 Å². The van der Waals surface area contributed by atoms with Crippen LogP contribution in [0.15, 0.2) is 76.4 Å². The first-order valence-electron chi connectivity index (χ1n) is 6.95. The monoisotopic (exact) mass is 405 g/mol. The molecule has 0 radical (unpaired) electrons. The maximum absolute atomic E-state index is 2.43. The molecule has 0 aliphatic heterocycles. The van der Waals surface area contributed by atoms with Crippen molar-refractivity contribution in [2.45, 2.75) is 9.67 Å². The van der Waals surface area contributed by atoms with Crippen LogP contribution in [0.1, 0.15) is 17.5 Å². The number of allylic oxidation sites excluding steroid dienone is 5. The van der Waals surface area contributed by atoms with Crippen molar-refractivity contribution in [3.63, 3.8) is 0 Å². The van der Waals surface area contributed by atoms with Gasteiger partial charge in [0, 0.05) is 0 Å². The van der Waals surface area contributed by atoms with Gasteiger partial charge in [-0.1, -0.05) is 0 Å². The van der Waals surface area contributed by atoms with E-state index in [-0.39, 0.29) is 28.1 Å². The summed E-state index contributed by atoms with van der Waals surface area (Å²) in [5, 5.41) is 0. The summed E-state index contributed by atoms with van der Waals surface area (Å²) in [6.07, 6.45) is 17.2. The van der Waals surface area contributed by atoms with Gasteiger partial charge in [-0.05, 0) is 0 Å². The number of fused-ring (bicyclic) bond motifs is 1. The molecule has 0 N–H and O–H groups in total. The third-order valence-corrected chi connectivity index (χ3v) is 8.35. The van der Waals surface area contributed by atoms with E-state index in [0.717, 1.165) is 6.42 Å². The van der Waals surface area contributed by atoms with Gasteiger partial charge in [-0.3, -0.25) is 0 Å². The molecule has 0 bridgehead atoms. The Kier molecular flexibility index (Phi) is 5.72. The van der Waals surface area contributed by atoms with Crippen LogP contribution in [0.5, 0.6) is 0 Å². The number of aromatic nitrogens is 1. The van der Waals surface area contributed by atoms with Crippen LogP contribution in [-0.2, 0) is 26.5 Å². The van der Waals surface area contributed by atoms with Gasteiger partial charge in [0.15, 0.2) is 0 Å². The molecule has 22 heavy (non-hydrogen) atoms. The smallest absolute Gasteiger partial charge is 1.00 e. The van der Waals surface area contributed by atoms with Crippen molar-refractivity contribution >= 4 is 6.08 Å².